The van der Waals surface area contributed by atoms with Crippen molar-refractivity contribution >= 4 is 0 Å². The summed E-state index contributed by atoms with van der Waals surface area (Å²) in [4.78, 5) is 6.91. The van der Waals surface area contributed by atoms with Crippen LogP contribution >= 0.6 is 0 Å². The van der Waals surface area contributed by atoms with Crippen molar-refractivity contribution in [3.63, 3.8) is 0 Å². The molecular weight excluding hydrogens is 310 g/mol. The van der Waals surface area contributed by atoms with Crippen LogP contribution in [0, 0.1) is 11.6 Å². The van der Waals surface area contributed by atoms with Crippen molar-refractivity contribution in [2.24, 2.45) is 0 Å². The predicted octanol–water partition coefficient (Wildman–Crippen LogP) is 3.38. The Bertz CT molecular complexity index is 705. The van der Waals surface area contributed by atoms with Gasteiger partial charge in [0, 0.05) is 17.7 Å². The lowest BCUT2D eigenvalue weighted by Gasteiger charge is -2.28. The minimum atomic E-state index is -0.842. The maximum absolute atomic E-state index is 13.6. The molecule has 0 spiro atoms. The molecule has 0 bridgehead atoms. The molecule has 1 N–H and O–H groups in total. The summed E-state index contributed by atoms with van der Waals surface area (Å²) >= 11 is 0. The molecule has 1 aromatic heterocycles. The third kappa shape index (κ3) is 3.35. The molecule has 1 aliphatic heterocycles. The summed E-state index contributed by atoms with van der Waals surface area (Å²) in [7, 11) is 4.04. The van der Waals surface area contributed by atoms with Gasteiger partial charge in [-0.15, -0.1) is 0 Å². The summed E-state index contributed by atoms with van der Waals surface area (Å²) in [5, 5.41) is 3.37. The molecular formula is C18H24F2N4. The van der Waals surface area contributed by atoms with Crippen LogP contribution in [0.2, 0.25) is 0 Å². The minimum absolute atomic E-state index is 0.140. The summed E-state index contributed by atoms with van der Waals surface area (Å²) in [6, 6.07) is 3.95. The fourth-order valence-corrected chi connectivity index (χ4v) is 3.13. The van der Waals surface area contributed by atoms with Crippen molar-refractivity contribution in [3.8, 4) is 11.3 Å². The second-order valence-corrected chi connectivity index (χ2v) is 6.64. The Kier molecular flexibility index (Phi) is 4.96. The summed E-state index contributed by atoms with van der Waals surface area (Å²) < 4.78 is 29.0. The second-order valence-electron chi connectivity index (χ2n) is 6.64. The number of halogens is 2. The Morgan fingerprint density at radius 2 is 1.92 bits per heavy atom. The van der Waals surface area contributed by atoms with Gasteiger partial charge in [0.2, 0.25) is 0 Å². The Morgan fingerprint density at radius 3 is 2.54 bits per heavy atom. The van der Waals surface area contributed by atoms with Crippen LogP contribution in [-0.2, 0) is 0 Å². The van der Waals surface area contributed by atoms with E-state index in [2.05, 4.69) is 21.7 Å². The highest BCUT2D eigenvalue weighted by Crippen LogP contribution is 2.31. The van der Waals surface area contributed by atoms with Crippen LogP contribution in [-0.4, -0.2) is 41.6 Å². The molecule has 2 aromatic rings. The summed E-state index contributed by atoms with van der Waals surface area (Å²) in [6.45, 7) is 4.07. The molecule has 24 heavy (non-hydrogen) atoms. The summed E-state index contributed by atoms with van der Waals surface area (Å²) in [5.74, 6) is -0.269. The van der Waals surface area contributed by atoms with Gasteiger partial charge in [-0.05, 0) is 65.1 Å². The first-order chi connectivity index (χ1) is 11.5. The van der Waals surface area contributed by atoms with Gasteiger partial charge in [-0.2, -0.15) is 0 Å². The number of benzene rings is 1. The topological polar surface area (TPSA) is 33.1 Å². The quantitative estimate of drug-likeness (QED) is 0.930. The van der Waals surface area contributed by atoms with Crippen LogP contribution in [0.3, 0.4) is 0 Å². The lowest BCUT2D eigenvalue weighted by atomic mass is 9.97. The van der Waals surface area contributed by atoms with Gasteiger partial charge in [-0.25, -0.2) is 13.8 Å². The Labute approximate surface area is 141 Å². The highest BCUT2D eigenvalue weighted by atomic mass is 19.2. The molecule has 1 saturated heterocycles. The van der Waals surface area contributed by atoms with E-state index < -0.39 is 11.6 Å². The number of imidazole rings is 1. The SMILES string of the molecule is CC(N(C)C)n1cc(-c2ccc(F)c(F)c2)nc1C1CCNCC1. The molecule has 0 aliphatic carbocycles. The minimum Gasteiger partial charge on any atom is -0.318 e. The van der Waals surface area contributed by atoms with Gasteiger partial charge in [0.15, 0.2) is 11.6 Å². The molecule has 1 unspecified atom stereocenters. The third-order valence-corrected chi connectivity index (χ3v) is 4.83. The van der Waals surface area contributed by atoms with Gasteiger partial charge >= 0.3 is 0 Å². The molecule has 2 heterocycles. The first-order valence-corrected chi connectivity index (χ1v) is 8.38. The Hall–Kier alpha value is -1.79. The smallest absolute Gasteiger partial charge is 0.159 e. The zero-order chi connectivity index (χ0) is 17.3. The van der Waals surface area contributed by atoms with Crippen LogP contribution in [0.4, 0.5) is 8.78 Å². The van der Waals surface area contributed by atoms with E-state index in [9.17, 15) is 8.78 Å². The van der Waals surface area contributed by atoms with E-state index in [0.717, 1.165) is 37.8 Å². The van der Waals surface area contributed by atoms with Crippen molar-refractivity contribution in [3.05, 3.63) is 41.9 Å². The molecule has 1 aliphatic rings. The zero-order valence-electron chi connectivity index (χ0n) is 14.4. The highest BCUT2D eigenvalue weighted by Gasteiger charge is 2.24. The van der Waals surface area contributed by atoms with Gasteiger partial charge in [0.05, 0.1) is 11.9 Å². The van der Waals surface area contributed by atoms with Crippen molar-refractivity contribution in [1.82, 2.24) is 19.8 Å². The number of nitrogens with zero attached hydrogens (tertiary/aromatic N) is 3. The van der Waals surface area contributed by atoms with Gasteiger partial charge in [0.25, 0.3) is 0 Å². The van der Waals surface area contributed by atoms with E-state index in [1.165, 1.54) is 6.07 Å². The second kappa shape index (κ2) is 6.99. The number of hydrogen-bond donors (Lipinski definition) is 1. The van der Waals surface area contributed by atoms with Crippen LogP contribution in [0.1, 0.15) is 37.7 Å². The Balaban J connectivity index is 2.02. The van der Waals surface area contributed by atoms with Crippen molar-refractivity contribution in [1.29, 1.82) is 0 Å². The van der Waals surface area contributed by atoms with E-state index >= 15 is 0 Å². The third-order valence-electron chi connectivity index (χ3n) is 4.83. The van der Waals surface area contributed by atoms with Gasteiger partial charge in [-0.3, -0.25) is 4.90 Å². The molecule has 1 fully saturated rings. The zero-order valence-corrected chi connectivity index (χ0v) is 14.4. The summed E-state index contributed by atoms with van der Waals surface area (Å²) in [6.07, 6.45) is 4.17. The van der Waals surface area contributed by atoms with Crippen LogP contribution < -0.4 is 5.32 Å². The normalized spacial score (nSPS) is 17.4. The standard InChI is InChI=1S/C18H24F2N4/c1-12(23(2)3)24-11-17(14-4-5-15(19)16(20)10-14)22-18(24)13-6-8-21-9-7-13/h4-5,10-13,21H,6-9H2,1-3H3. The fourth-order valence-electron chi connectivity index (χ4n) is 3.13. The maximum atomic E-state index is 13.6. The predicted molar refractivity (Wildman–Crippen MR) is 90.8 cm³/mol. The largest absolute Gasteiger partial charge is 0.318 e. The number of nitrogens with one attached hydrogen (secondary N) is 1. The lowest BCUT2D eigenvalue weighted by molar-refractivity contribution is 0.228. The highest BCUT2D eigenvalue weighted by molar-refractivity contribution is 5.59. The number of rotatable bonds is 4. The molecule has 4 nitrogen and oxygen atoms in total. The average Bonchev–Trinajstić information content (AvgIpc) is 3.02. The Morgan fingerprint density at radius 1 is 1.21 bits per heavy atom. The van der Waals surface area contributed by atoms with E-state index in [1.54, 1.807) is 6.07 Å². The number of piperidine rings is 1. The number of hydrogen-bond acceptors (Lipinski definition) is 3. The van der Waals surface area contributed by atoms with Crippen LogP contribution in [0.5, 0.6) is 0 Å². The van der Waals surface area contributed by atoms with Gasteiger partial charge in [0.1, 0.15) is 5.82 Å². The van der Waals surface area contributed by atoms with Crippen molar-refractivity contribution < 1.29 is 8.78 Å². The molecule has 1 atom stereocenters. The van der Waals surface area contributed by atoms with Crippen LogP contribution in [0.25, 0.3) is 11.3 Å². The number of aromatic nitrogens is 2. The van der Waals surface area contributed by atoms with Gasteiger partial charge in [-0.1, -0.05) is 0 Å². The molecule has 0 radical (unpaired) electrons. The molecule has 1 aromatic carbocycles. The molecule has 130 valence electrons. The maximum Gasteiger partial charge on any atom is 0.159 e. The van der Waals surface area contributed by atoms with Crippen LogP contribution in [0.15, 0.2) is 24.4 Å². The molecule has 6 heteroatoms. The van der Waals surface area contributed by atoms with E-state index in [0.29, 0.717) is 17.2 Å². The van der Waals surface area contributed by atoms with E-state index in [1.807, 2.05) is 20.3 Å². The lowest BCUT2D eigenvalue weighted by Crippen LogP contribution is -2.30. The first-order valence-electron chi connectivity index (χ1n) is 8.38. The first kappa shape index (κ1) is 17.0. The van der Waals surface area contributed by atoms with E-state index in [4.69, 9.17) is 4.98 Å². The van der Waals surface area contributed by atoms with E-state index in [-0.39, 0.29) is 6.17 Å². The molecule has 3 rings (SSSR count). The van der Waals surface area contributed by atoms with Crippen molar-refractivity contribution in [2.45, 2.75) is 31.8 Å². The molecule has 0 saturated carbocycles. The monoisotopic (exact) mass is 334 g/mol. The average molecular weight is 334 g/mol. The van der Waals surface area contributed by atoms with Crippen molar-refractivity contribution in [2.75, 3.05) is 27.2 Å². The molecule has 0 amide bonds. The summed E-state index contributed by atoms with van der Waals surface area (Å²) in [5.41, 5.74) is 1.30. The fraction of sp³-hybridized carbons (Fsp3) is 0.500. The van der Waals surface area contributed by atoms with Gasteiger partial charge < -0.3 is 9.88 Å².